The Labute approximate surface area is 182 Å². The van der Waals surface area contributed by atoms with Crippen LogP contribution in [0.2, 0.25) is 0 Å². The summed E-state index contributed by atoms with van der Waals surface area (Å²) in [6, 6.07) is 14.1. The van der Waals surface area contributed by atoms with E-state index >= 15 is 0 Å². The van der Waals surface area contributed by atoms with E-state index in [9.17, 15) is 8.42 Å². The van der Waals surface area contributed by atoms with Gasteiger partial charge in [0.1, 0.15) is 6.10 Å². The van der Waals surface area contributed by atoms with Crippen molar-refractivity contribution in [3.63, 3.8) is 0 Å². The monoisotopic (exact) mass is 439 g/mol. The number of rotatable bonds is 5. The molecule has 0 unspecified atom stereocenters. The van der Waals surface area contributed by atoms with Gasteiger partial charge in [-0.25, -0.2) is 18.4 Å². The van der Waals surface area contributed by atoms with E-state index in [0.29, 0.717) is 24.8 Å². The van der Waals surface area contributed by atoms with Crippen LogP contribution in [0.15, 0.2) is 53.4 Å². The van der Waals surface area contributed by atoms with Gasteiger partial charge < -0.3 is 10.1 Å². The van der Waals surface area contributed by atoms with E-state index in [1.165, 1.54) is 4.31 Å². The smallest absolute Gasteiger partial charge is 0.243 e. The number of hydrogen-bond acceptors (Lipinski definition) is 7. The molecule has 3 heterocycles. The number of benzene rings is 1. The third-order valence-corrected chi connectivity index (χ3v) is 6.83. The highest BCUT2D eigenvalue weighted by molar-refractivity contribution is 7.89. The molecule has 3 aromatic rings. The summed E-state index contributed by atoms with van der Waals surface area (Å²) in [6.07, 6.45) is -0.465. The molecule has 0 spiro atoms. The van der Waals surface area contributed by atoms with Gasteiger partial charge in [0.25, 0.3) is 0 Å². The lowest BCUT2D eigenvalue weighted by atomic mass is 10.1. The number of pyridine rings is 1. The standard InChI is InChI=1S/C22H25N5O3S/c1-15-11-16(2)25-22(24-15)26-18-12-17(3)23-20(13-18)21-14-27(9-10-30-21)31(28,29)19-7-5-4-6-8-19/h4-8,11-13,21H,9-10,14H2,1-3H3,(H,23,24,25,26)/t21-/m0/s1. The molecule has 1 fully saturated rings. The number of anilines is 2. The molecular formula is C22H25N5O3S. The van der Waals surface area contributed by atoms with Crippen LogP contribution in [0.1, 0.15) is 28.9 Å². The fourth-order valence-electron chi connectivity index (χ4n) is 3.61. The Bertz CT molecular complexity index is 1160. The molecule has 1 saturated heterocycles. The highest BCUT2D eigenvalue weighted by Crippen LogP contribution is 2.28. The van der Waals surface area contributed by atoms with Gasteiger partial charge in [-0.05, 0) is 51.1 Å². The van der Waals surface area contributed by atoms with Crippen molar-refractivity contribution < 1.29 is 13.2 Å². The first-order valence-electron chi connectivity index (χ1n) is 10.1. The van der Waals surface area contributed by atoms with Crippen LogP contribution in [0.25, 0.3) is 0 Å². The molecule has 1 aliphatic heterocycles. The Hall–Kier alpha value is -2.88. The molecule has 0 saturated carbocycles. The fourth-order valence-corrected chi connectivity index (χ4v) is 5.05. The average molecular weight is 440 g/mol. The van der Waals surface area contributed by atoms with E-state index < -0.39 is 16.1 Å². The van der Waals surface area contributed by atoms with Crippen molar-refractivity contribution in [2.24, 2.45) is 0 Å². The number of hydrogen-bond donors (Lipinski definition) is 1. The van der Waals surface area contributed by atoms with E-state index in [1.807, 2.05) is 39.0 Å². The third-order valence-electron chi connectivity index (χ3n) is 4.95. The molecule has 1 N–H and O–H groups in total. The quantitative estimate of drug-likeness (QED) is 0.651. The number of nitrogens with zero attached hydrogens (tertiary/aromatic N) is 4. The van der Waals surface area contributed by atoms with Gasteiger partial charge in [-0.3, -0.25) is 4.98 Å². The topological polar surface area (TPSA) is 97.3 Å². The summed E-state index contributed by atoms with van der Waals surface area (Å²) >= 11 is 0. The maximum absolute atomic E-state index is 13.0. The first-order valence-corrected chi connectivity index (χ1v) is 11.5. The number of sulfonamides is 1. The first kappa shape index (κ1) is 21.4. The second-order valence-electron chi connectivity index (χ2n) is 7.56. The van der Waals surface area contributed by atoms with Crippen molar-refractivity contribution in [3.8, 4) is 0 Å². The van der Waals surface area contributed by atoms with E-state index in [-0.39, 0.29) is 11.4 Å². The van der Waals surface area contributed by atoms with Crippen molar-refractivity contribution >= 4 is 21.7 Å². The molecule has 31 heavy (non-hydrogen) atoms. The summed E-state index contributed by atoms with van der Waals surface area (Å²) < 4.78 is 33.4. The maximum atomic E-state index is 13.0. The van der Waals surface area contributed by atoms with Crippen LogP contribution in [0.4, 0.5) is 11.6 Å². The van der Waals surface area contributed by atoms with E-state index in [0.717, 1.165) is 22.8 Å². The second kappa shape index (κ2) is 8.70. The van der Waals surface area contributed by atoms with Gasteiger partial charge in [0.2, 0.25) is 16.0 Å². The second-order valence-corrected chi connectivity index (χ2v) is 9.49. The van der Waals surface area contributed by atoms with Gasteiger partial charge in [-0.1, -0.05) is 18.2 Å². The van der Waals surface area contributed by atoms with Crippen molar-refractivity contribution in [2.75, 3.05) is 25.0 Å². The summed E-state index contributed by atoms with van der Waals surface area (Å²) in [6.45, 7) is 6.53. The highest BCUT2D eigenvalue weighted by atomic mass is 32.2. The van der Waals surface area contributed by atoms with Gasteiger partial charge in [-0.15, -0.1) is 0 Å². The average Bonchev–Trinajstić information content (AvgIpc) is 2.73. The van der Waals surface area contributed by atoms with Gasteiger partial charge in [-0.2, -0.15) is 4.31 Å². The number of aromatic nitrogens is 3. The van der Waals surface area contributed by atoms with E-state index in [4.69, 9.17) is 4.74 Å². The summed E-state index contributed by atoms with van der Waals surface area (Å²) in [5.74, 6) is 0.506. The van der Waals surface area contributed by atoms with Crippen molar-refractivity contribution in [2.45, 2.75) is 31.8 Å². The zero-order valence-corrected chi connectivity index (χ0v) is 18.6. The number of morpholine rings is 1. The minimum atomic E-state index is -3.59. The Morgan fingerprint density at radius 1 is 0.968 bits per heavy atom. The molecule has 9 heteroatoms. The number of nitrogens with one attached hydrogen (secondary N) is 1. The van der Waals surface area contributed by atoms with Crippen LogP contribution in [0.3, 0.4) is 0 Å². The summed E-state index contributed by atoms with van der Waals surface area (Å²) in [7, 11) is -3.59. The lowest BCUT2D eigenvalue weighted by molar-refractivity contribution is -0.00497. The summed E-state index contributed by atoms with van der Waals surface area (Å²) in [4.78, 5) is 13.7. The van der Waals surface area contributed by atoms with Gasteiger partial charge >= 0.3 is 0 Å². The van der Waals surface area contributed by atoms with Crippen LogP contribution in [0.5, 0.6) is 0 Å². The zero-order valence-electron chi connectivity index (χ0n) is 17.7. The maximum Gasteiger partial charge on any atom is 0.243 e. The fraction of sp³-hybridized carbons (Fsp3) is 0.318. The largest absolute Gasteiger partial charge is 0.369 e. The minimum absolute atomic E-state index is 0.202. The molecule has 162 valence electrons. The van der Waals surface area contributed by atoms with Crippen molar-refractivity contribution in [3.05, 3.63) is 71.3 Å². The van der Waals surface area contributed by atoms with Crippen LogP contribution in [-0.4, -0.2) is 47.4 Å². The van der Waals surface area contributed by atoms with Crippen LogP contribution >= 0.6 is 0 Å². The normalized spacial score (nSPS) is 17.5. The molecule has 0 amide bonds. The highest BCUT2D eigenvalue weighted by Gasteiger charge is 2.32. The van der Waals surface area contributed by atoms with Crippen LogP contribution in [-0.2, 0) is 14.8 Å². The Kier molecular flexibility index (Phi) is 5.99. The third kappa shape index (κ3) is 4.90. The molecule has 1 aliphatic rings. The molecule has 0 radical (unpaired) electrons. The van der Waals surface area contributed by atoms with E-state index in [2.05, 4.69) is 20.3 Å². The lowest BCUT2D eigenvalue weighted by Crippen LogP contribution is -2.42. The van der Waals surface area contributed by atoms with Crippen molar-refractivity contribution in [1.29, 1.82) is 0 Å². The molecular weight excluding hydrogens is 414 g/mol. The molecule has 2 aromatic heterocycles. The van der Waals surface area contributed by atoms with Gasteiger partial charge in [0.15, 0.2) is 0 Å². The molecule has 4 rings (SSSR count). The van der Waals surface area contributed by atoms with Crippen molar-refractivity contribution in [1.82, 2.24) is 19.3 Å². The van der Waals surface area contributed by atoms with Crippen LogP contribution in [0, 0.1) is 20.8 Å². The molecule has 0 aliphatic carbocycles. The molecule has 8 nitrogen and oxygen atoms in total. The molecule has 1 atom stereocenters. The number of ether oxygens (including phenoxy) is 1. The lowest BCUT2D eigenvalue weighted by Gasteiger charge is -2.32. The molecule has 0 bridgehead atoms. The minimum Gasteiger partial charge on any atom is -0.369 e. The predicted molar refractivity (Wildman–Crippen MR) is 118 cm³/mol. The zero-order chi connectivity index (χ0) is 22.0. The van der Waals surface area contributed by atoms with Gasteiger partial charge in [0, 0.05) is 35.9 Å². The summed E-state index contributed by atoms with van der Waals surface area (Å²) in [5.41, 5.74) is 3.98. The first-order chi connectivity index (χ1) is 14.8. The van der Waals surface area contributed by atoms with Gasteiger partial charge in [0.05, 0.1) is 17.2 Å². The Balaban J connectivity index is 1.58. The number of aryl methyl sites for hydroxylation is 3. The Morgan fingerprint density at radius 2 is 1.65 bits per heavy atom. The van der Waals surface area contributed by atoms with E-state index in [1.54, 1.807) is 30.3 Å². The molecule has 1 aromatic carbocycles. The SMILES string of the molecule is Cc1cc(Nc2nc(C)cc(C)n2)cc([C@@H]2CN(S(=O)(=O)c3ccccc3)CCO2)n1. The van der Waals surface area contributed by atoms with Crippen LogP contribution < -0.4 is 5.32 Å². The Morgan fingerprint density at radius 3 is 2.35 bits per heavy atom. The summed E-state index contributed by atoms with van der Waals surface area (Å²) in [5, 5.41) is 3.22. The predicted octanol–water partition coefficient (Wildman–Crippen LogP) is 3.30.